The molecule has 1 heterocycles. The summed E-state index contributed by atoms with van der Waals surface area (Å²) in [7, 11) is 0. The van der Waals surface area contributed by atoms with Crippen LogP contribution in [0.4, 0.5) is 0 Å². The van der Waals surface area contributed by atoms with Crippen molar-refractivity contribution in [2.45, 2.75) is 46.1 Å². The minimum atomic E-state index is -0.0299. The fraction of sp³-hybridized carbons (Fsp3) is 0.647. The second-order valence-corrected chi connectivity index (χ2v) is 6.47. The molecule has 0 radical (unpaired) electrons. The number of hydrogen-bond donors (Lipinski definition) is 2. The van der Waals surface area contributed by atoms with Gasteiger partial charge in [-0.15, -0.1) is 24.8 Å². The van der Waals surface area contributed by atoms with Crippen LogP contribution in [0.25, 0.3) is 0 Å². The van der Waals surface area contributed by atoms with Gasteiger partial charge in [-0.05, 0) is 49.8 Å². The van der Waals surface area contributed by atoms with Gasteiger partial charge in [0.05, 0.1) is 11.7 Å². The van der Waals surface area contributed by atoms with Crippen LogP contribution in [0, 0.1) is 24.7 Å². The van der Waals surface area contributed by atoms with E-state index in [2.05, 4.69) is 24.1 Å². The summed E-state index contributed by atoms with van der Waals surface area (Å²) in [5.41, 5.74) is 7.89. The third-order valence-electron chi connectivity index (χ3n) is 4.61. The van der Waals surface area contributed by atoms with Crippen molar-refractivity contribution in [1.29, 1.82) is 0 Å². The van der Waals surface area contributed by atoms with E-state index in [0.29, 0.717) is 18.4 Å². The summed E-state index contributed by atoms with van der Waals surface area (Å²) in [5.74, 6) is 0.856. The van der Waals surface area contributed by atoms with Gasteiger partial charge in [0.15, 0.2) is 0 Å². The van der Waals surface area contributed by atoms with Gasteiger partial charge in [-0.25, -0.2) is 0 Å². The summed E-state index contributed by atoms with van der Waals surface area (Å²) in [6.45, 7) is 6.89. The molecule has 1 unspecified atom stereocenters. The summed E-state index contributed by atoms with van der Waals surface area (Å²) in [6, 6.07) is 3.94. The summed E-state index contributed by atoms with van der Waals surface area (Å²) in [6.07, 6.45) is 4.93. The number of rotatable bonds is 5. The van der Waals surface area contributed by atoms with Crippen molar-refractivity contribution in [3.8, 4) is 0 Å². The quantitative estimate of drug-likeness (QED) is 0.843. The lowest BCUT2D eigenvalue weighted by molar-refractivity contribution is -0.127. The predicted molar refractivity (Wildman–Crippen MR) is 99.1 cm³/mol. The Morgan fingerprint density at radius 3 is 2.65 bits per heavy atom. The highest BCUT2D eigenvalue weighted by Gasteiger charge is 2.33. The normalized spacial score (nSPS) is 21.3. The smallest absolute Gasteiger partial charge is 0.223 e. The minimum Gasteiger partial charge on any atom is -0.347 e. The Hall–Kier alpha value is -0.840. The van der Waals surface area contributed by atoms with E-state index < -0.39 is 0 Å². The largest absolute Gasteiger partial charge is 0.347 e. The van der Waals surface area contributed by atoms with Crippen LogP contribution >= 0.6 is 24.8 Å². The highest BCUT2D eigenvalue weighted by atomic mass is 35.5. The average Bonchev–Trinajstić information content (AvgIpc) is 2.93. The highest BCUT2D eigenvalue weighted by Crippen LogP contribution is 2.32. The number of nitrogens with one attached hydrogen (secondary N) is 1. The van der Waals surface area contributed by atoms with Gasteiger partial charge in [-0.2, -0.15) is 0 Å². The van der Waals surface area contributed by atoms with E-state index in [4.69, 9.17) is 5.73 Å². The zero-order valence-electron chi connectivity index (χ0n) is 14.1. The number of nitrogens with zero attached hydrogens (tertiary/aromatic N) is 1. The fourth-order valence-electron chi connectivity index (χ4n) is 3.30. The Bertz CT molecular complexity index is 496. The molecular weight excluding hydrogens is 333 g/mol. The lowest BCUT2D eigenvalue weighted by Crippen LogP contribution is -2.39. The Morgan fingerprint density at radius 2 is 2.09 bits per heavy atom. The number of amides is 1. The first-order valence-corrected chi connectivity index (χ1v) is 7.96. The molecule has 0 aliphatic heterocycles. The van der Waals surface area contributed by atoms with Crippen LogP contribution in [-0.2, 0) is 4.79 Å². The molecule has 1 aromatic rings. The monoisotopic (exact) mass is 361 g/mol. The van der Waals surface area contributed by atoms with Crippen molar-refractivity contribution < 1.29 is 4.79 Å². The molecule has 132 valence electrons. The number of carbonyl (C=O) groups excluding carboxylic acids is 1. The number of carbonyl (C=O) groups is 1. The molecule has 3 atom stereocenters. The zero-order valence-corrected chi connectivity index (χ0v) is 15.8. The fourth-order valence-corrected chi connectivity index (χ4v) is 3.30. The lowest BCUT2D eigenvalue weighted by atomic mass is 9.92. The van der Waals surface area contributed by atoms with E-state index in [-0.39, 0.29) is 42.7 Å². The molecule has 0 saturated heterocycles. The molecule has 1 aromatic heterocycles. The molecule has 0 aromatic carbocycles. The SMILES string of the molecule is Cc1cccnc1C(NC(=O)[C@@H]1CCC[C@@H]1CN)C(C)C.Cl.Cl. The van der Waals surface area contributed by atoms with Crippen molar-refractivity contribution in [3.05, 3.63) is 29.6 Å². The summed E-state index contributed by atoms with van der Waals surface area (Å²) in [4.78, 5) is 17.1. The molecule has 0 spiro atoms. The van der Waals surface area contributed by atoms with Gasteiger partial charge in [0, 0.05) is 12.1 Å². The van der Waals surface area contributed by atoms with Crippen LogP contribution in [-0.4, -0.2) is 17.4 Å². The molecule has 2 rings (SSSR count). The maximum absolute atomic E-state index is 12.6. The first-order chi connectivity index (χ1) is 10.0. The van der Waals surface area contributed by atoms with Crippen molar-refractivity contribution in [2.24, 2.45) is 23.5 Å². The minimum absolute atomic E-state index is 0. The van der Waals surface area contributed by atoms with Crippen molar-refractivity contribution >= 4 is 30.7 Å². The van der Waals surface area contributed by atoms with Gasteiger partial charge >= 0.3 is 0 Å². The molecule has 1 aliphatic carbocycles. The predicted octanol–water partition coefficient (Wildman–Crippen LogP) is 3.42. The van der Waals surface area contributed by atoms with Gasteiger partial charge in [-0.1, -0.05) is 26.3 Å². The molecule has 4 nitrogen and oxygen atoms in total. The molecule has 23 heavy (non-hydrogen) atoms. The third-order valence-corrected chi connectivity index (χ3v) is 4.61. The number of halogens is 2. The Balaban J connectivity index is 0.00000242. The van der Waals surface area contributed by atoms with Crippen LogP contribution in [0.1, 0.15) is 50.4 Å². The number of aromatic nitrogens is 1. The van der Waals surface area contributed by atoms with Gasteiger partial charge < -0.3 is 11.1 Å². The number of nitrogens with two attached hydrogens (primary N) is 1. The molecular formula is C17H29Cl2N3O. The first-order valence-electron chi connectivity index (χ1n) is 7.96. The van der Waals surface area contributed by atoms with E-state index in [1.54, 1.807) is 6.20 Å². The van der Waals surface area contributed by atoms with Crippen molar-refractivity contribution in [3.63, 3.8) is 0 Å². The molecule has 1 aliphatic rings. The Kier molecular flexibility index (Phi) is 9.74. The molecule has 6 heteroatoms. The number of pyridine rings is 1. The maximum atomic E-state index is 12.6. The lowest BCUT2D eigenvalue weighted by Gasteiger charge is -2.26. The highest BCUT2D eigenvalue weighted by molar-refractivity contribution is 5.85. The third kappa shape index (κ3) is 5.33. The number of hydrogen-bond acceptors (Lipinski definition) is 3. The maximum Gasteiger partial charge on any atom is 0.223 e. The van der Waals surface area contributed by atoms with Crippen molar-refractivity contribution in [2.75, 3.05) is 6.54 Å². The zero-order chi connectivity index (χ0) is 15.4. The topological polar surface area (TPSA) is 68.0 Å². The number of aryl methyl sites for hydroxylation is 1. The van der Waals surface area contributed by atoms with Gasteiger partial charge in [0.1, 0.15) is 0 Å². The summed E-state index contributed by atoms with van der Waals surface area (Å²) >= 11 is 0. The van der Waals surface area contributed by atoms with Crippen LogP contribution in [0.5, 0.6) is 0 Å². The van der Waals surface area contributed by atoms with Gasteiger partial charge in [-0.3, -0.25) is 9.78 Å². The molecule has 0 bridgehead atoms. The van der Waals surface area contributed by atoms with E-state index >= 15 is 0 Å². The average molecular weight is 362 g/mol. The van der Waals surface area contributed by atoms with Crippen LogP contribution < -0.4 is 11.1 Å². The summed E-state index contributed by atoms with van der Waals surface area (Å²) in [5, 5.41) is 3.22. The summed E-state index contributed by atoms with van der Waals surface area (Å²) < 4.78 is 0. The molecule has 1 saturated carbocycles. The van der Waals surface area contributed by atoms with Gasteiger partial charge in [0.25, 0.3) is 0 Å². The van der Waals surface area contributed by atoms with Gasteiger partial charge in [0.2, 0.25) is 5.91 Å². The van der Waals surface area contributed by atoms with E-state index in [1.165, 1.54) is 0 Å². The second kappa shape index (κ2) is 10.1. The van der Waals surface area contributed by atoms with Crippen LogP contribution in [0.15, 0.2) is 18.3 Å². The Morgan fingerprint density at radius 1 is 1.39 bits per heavy atom. The van der Waals surface area contributed by atoms with Crippen LogP contribution in [0.2, 0.25) is 0 Å². The molecule has 3 N–H and O–H groups in total. The van der Waals surface area contributed by atoms with Crippen molar-refractivity contribution in [1.82, 2.24) is 10.3 Å². The van der Waals surface area contributed by atoms with E-state index in [1.807, 2.05) is 19.1 Å². The Labute approximate surface area is 151 Å². The molecule has 1 amide bonds. The first kappa shape index (κ1) is 22.2. The van der Waals surface area contributed by atoms with E-state index in [9.17, 15) is 4.79 Å². The second-order valence-electron chi connectivity index (χ2n) is 6.47. The van der Waals surface area contributed by atoms with E-state index in [0.717, 1.165) is 30.5 Å². The van der Waals surface area contributed by atoms with Crippen LogP contribution in [0.3, 0.4) is 0 Å². The standard InChI is InChI=1S/C17H27N3O.2ClH/c1-11(2)15(16-12(3)6-5-9-19-16)20-17(21)14-8-4-7-13(14)10-18;;/h5-6,9,11,13-15H,4,7-8,10,18H2,1-3H3,(H,20,21);2*1H/t13-,14-,15?;;/m1../s1. The molecule has 1 fully saturated rings.